The monoisotopic (exact) mass is 316 g/mol. The number of hydrogen-bond donors (Lipinski definition) is 0. The van der Waals surface area contributed by atoms with Crippen LogP contribution >= 0.6 is 0 Å². The van der Waals surface area contributed by atoms with Gasteiger partial charge in [-0.05, 0) is 36.8 Å². The molecule has 5 nitrogen and oxygen atoms in total. The summed E-state index contributed by atoms with van der Waals surface area (Å²) in [4.78, 5) is 4.55. The van der Waals surface area contributed by atoms with Crippen molar-refractivity contribution in [2.24, 2.45) is 0 Å². The van der Waals surface area contributed by atoms with Crippen molar-refractivity contribution in [3.63, 3.8) is 0 Å². The maximum Gasteiger partial charge on any atom is 0.165 e. The van der Waals surface area contributed by atoms with Crippen LogP contribution in [0, 0.1) is 12.7 Å². The zero-order chi connectivity index (χ0) is 16.2. The van der Waals surface area contributed by atoms with Gasteiger partial charge in [0.05, 0.1) is 12.8 Å². The summed E-state index contributed by atoms with van der Waals surface area (Å²) in [5, 5.41) is 8.34. The van der Waals surface area contributed by atoms with Crippen molar-refractivity contribution in [3.8, 4) is 5.75 Å². The second kappa shape index (κ2) is 6.91. The predicted molar refractivity (Wildman–Crippen MR) is 87.2 cm³/mol. The zero-order valence-electron chi connectivity index (χ0n) is 13.5. The van der Waals surface area contributed by atoms with Crippen LogP contribution in [0.5, 0.6) is 5.75 Å². The van der Waals surface area contributed by atoms with Crippen molar-refractivity contribution in [3.05, 3.63) is 47.4 Å². The summed E-state index contributed by atoms with van der Waals surface area (Å²) in [6.45, 7) is 6.32. The van der Waals surface area contributed by atoms with Crippen LogP contribution in [0.3, 0.4) is 0 Å². The summed E-state index contributed by atoms with van der Waals surface area (Å²) in [6.07, 6.45) is 0. The van der Waals surface area contributed by atoms with Crippen molar-refractivity contribution < 1.29 is 9.13 Å². The van der Waals surface area contributed by atoms with Gasteiger partial charge in [0, 0.05) is 32.7 Å². The third kappa shape index (κ3) is 3.76. The largest absolute Gasteiger partial charge is 0.494 e. The van der Waals surface area contributed by atoms with Crippen molar-refractivity contribution in [1.82, 2.24) is 15.1 Å². The average Bonchev–Trinajstić information content (AvgIpc) is 2.57. The minimum absolute atomic E-state index is 0.288. The molecule has 0 spiro atoms. The van der Waals surface area contributed by atoms with Crippen LogP contribution in [-0.4, -0.2) is 48.4 Å². The Kier molecular flexibility index (Phi) is 4.71. The molecule has 1 aliphatic rings. The molecule has 23 heavy (non-hydrogen) atoms. The van der Waals surface area contributed by atoms with Crippen LogP contribution in [0.4, 0.5) is 10.2 Å². The first kappa shape index (κ1) is 15.7. The maximum absolute atomic E-state index is 13.8. The van der Waals surface area contributed by atoms with E-state index in [0.29, 0.717) is 0 Å². The molecule has 3 rings (SSSR count). The Balaban J connectivity index is 1.56. The zero-order valence-corrected chi connectivity index (χ0v) is 13.5. The van der Waals surface area contributed by atoms with Gasteiger partial charge in [0.25, 0.3) is 0 Å². The lowest BCUT2D eigenvalue weighted by Gasteiger charge is -2.35. The number of aromatic nitrogens is 2. The molecule has 2 heterocycles. The second-order valence-corrected chi connectivity index (χ2v) is 5.77. The summed E-state index contributed by atoms with van der Waals surface area (Å²) in [7, 11) is 1.48. The standard InChI is InChI=1S/C17H21FN4O/c1-13-3-6-17(20-19-13)22-9-7-21(8-10-22)12-14-4-5-16(23-2)15(18)11-14/h3-6,11H,7-10,12H2,1-2H3. The number of piperazine rings is 1. The molecule has 0 unspecified atom stereocenters. The first-order chi connectivity index (χ1) is 11.2. The quantitative estimate of drug-likeness (QED) is 0.865. The molecule has 2 aromatic rings. The number of nitrogens with zero attached hydrogens (tertiary/aromatic N) is 4. The molecule has 0 atom stereocenters. The molecular formula is C17H21FN4O. The van der Waals surface area contributed by atoms with Gasteiger partial charge < -0.3 is 9.64 Å². The smallest absolute Gasteiger partial charge is 0.165 e. The van der Waals surface area contributed by atoms with E-state index in [1.165, 1.54) is 7.11 Å². The Morgan fingerprint density at radius 2 is 1.87 bits per heavy atom. The van der Waals surface area contributed by atoms with Crippen LogP contribution < -0.4 is 9.64 Å². The van der Waals surface area contributed by atoms with Crippen molar-refractivity contribution in [1.29, 1.82) is 0 Å². The normalized spacial score (nSPS) is 15.7. The molecule has 0 aliphatic carbocycles. The molecule has 0 radical (unpaired) electrons. The third-order valence-electron chi connectivity index (χ3n) is 4.10. The average molecular weight is 316 g/mol. The molecule has 1 aliphatic heterocycles. The summed E-state index contributed by atoms with van der Waals surface area (Å²) in [5.41, 5.74) is 1.89. The lowest BCUT2D eigenvalue weighted by Crippen LogP contribution is -2.46. The van der Waals surface area contributed by atoms with E-state index >= 15 is 0 Å². The Morgan fingerprint density at radius 1 is 1.09 bits per heavy atom. The highest BCUT2D eigenvalue weighted by molar-refractivity contribution is 5.38. The fourth-order valence-electron chi connectivity index (χ4n) is 2.76. The molecule has 1 aromatic heterocycles. The van der Waals surface area contributed by atoms with E-state index in [4.69, 9.17) is 4.74 Å². The van der Waals surface area contributed by atoms with Gasteiger partial charge in [-0.15, -0.1) is 5.10 Å². The number of ether oxygens (including phenoxy) is 1. The van der Waals surface area contributed by atoms with Crippen LogP contribution in [0.1, 0.15) is 11.3 Å². The molecule has 0 N–H and O–H groups in total. The SMILES string of the molecule is COc1ccc(CN2CCN(c3ccc(C)nn3)CC2)cc1F. The molecular weight excluding hydrogens is 295 g/mol. The van der Waals surface area contributed by atoms with Crippen LogP contribution in [0.25, 0.3) is 0 Å². The molecule has 1 saturated heterocycles. The van der Waals surface area contributed by atoms with E-state index < -0.39 is 0 Å². The minimum Gasteiger partial charge on any atom is -0.494 e. The number of aryl methyl sites for hydroxylation is 1. The fraction of sp³-hybridized carbons (Fsp3) is 0.412. The van der Waals surface area contributed by atoms with Crippen molar-refractivity contribution >= 4 is 5.82 Å². The molecule has 0 saturated carbocycles. The lowest BCUT2D eigenvalue weighted by molar-refractivity contribution is 0.248. The van der Waals surface area contributed by atoms with Crippen molar-refractivity contribution in [2.75, 3.05) is 38.2 Å². The molecule has 6 heteroatoms. The highest BCUT2D eigenvalue weighted by Gasteiger charge is 2.18. The molecule has 0 amide bonds. The van der Waals surface area contributed by atoms with E-state index in [-0.39, 0.29) is 11.6 Å². The number of benzene rings is 1. The number of hydrogen-bond acceptors (Lipinski definition) is 5. The molecule has 1 fully saturated rings. The summed E-state index contributed by atoms with van der Waals surface area (Å²) < 4.78 is 18.7. The van der Waals surface area contributed by atoms with Gasteiger partial charge in [-0.1, -0.05) is 6.07 Å². The molecule has 122 valence electrons. The highest BCUT2D eigenvalue weighted by Crippen LogP contribution is 2.20. The van der Waals surface area contributed by atoms with Gasteiger partial charge in [0.1, 0.15) is 0 Å². The Labute approximate surface area is 135 Å². The van der Waals surface area contributed by atoms with E-state index in [9.17, 15) is 4.39 Å². The van der Waals surface area contributed by atoms with Crippen LogP contribution in [-0.2, 0) is 6.54 Å². The van der Waals surface area contributed by atoms with E-state index in [0.717, 1.165) is 49.8 Å². The van der Waals surface area contributed by atoms with Gasteiger partial charge in [0.2, 0.25) is 0 Å². The van der Waals surface area contributed by atoms with Crippen LogP contribution in [0.2, 0.25) is 0 Å². The first-order valence-electron chi connectivity index (χ1n) is 7.76. The van der Waals surface area contributed by atoms with Gasteiger partial charge in [0.15, 0.2) is 17.4 Å². The topological polar surface area (TPSA) is 41.5 Å². The summed E-state index contributed by atoms with van der Waals surface area (Å²) in [5.74, 6) is 0.904. The van der Waals surface area contributed by atoms with Gasteiger partial charge in [-0.2, -0.15) is 5.10 Å². The lowest BCUT2D eigenvalue weighted by atomic mass is 10.2. The van der Waals surface area contributed by atoms with Gasteiger partial charge in [-0.25, -0.2) is 4.39 Å². The number of halogens is 1. The summed E-state index contributed by atoms with van der Waals surface area (Å²) in [6, 6.07) is 9.14. The predicted octanol–water partition coefficient (Wildman–Crippen LogP) is 2.25. The minimum atomic E-state index is -0.307. The Hall–Kier alpha value is -2.21. The Bertz CT molecular complexity index is 654. The number of methoxy groups -OCH3 is 1. The third-order valence-corrected chi connectivity index (χ3v) is 4.10. The van der Waals surface area contributed by atoms with Gasteiger partial charge >= 0.3 is 0 Å². The summed E-state index contributed by atoms with van der Waals surface area (Å²) >= 11 is 0. The first-order valence-corrected chi connectivity index (χ1v) is 7.76. The number of rotatable bonds is 4. The van der Waals surface area contributed by atoms with E-state index in [1.807, 2.05) is 25.1 Å². The molecule has 1 aromatic carbocycles. The second-order valence-electron chi connectivity index (χ2n) is 5.77. The number of anilines is 1. The highest BCUT2D eigenvalue weighted by atomic mass is 19.1. The van der Waals surface area contributed by atoms with E-state index in [1.54, 1.807) is 12.1 Å². The maximum atomic E-state index is 13.8. The van der Waals surface area contributed by atoms with Gasteiger partial charge in [-0.3, -0.25) is 4.90 Å². The fourth-order valence-corrected chi connectivity index (χ4v) is 2.76. The molecule has 0 bridgehead atoms. The Morgan fingerprint density at radius 3 is 2.48 bits per heavy atom. The van der Waals surface area contributed by atoms with Crippen molar-refractivity contribution in [2.45, 2.75) is 13.5 Å². The van der Waals surface area contributed by atoms with E-state index in [2.05, 4.69) is 20.0 Å². The van der Waals surface area contributed by atoms with Crippen LogP contribution in [0.15, 0.2) is 30.3 Å².